The van der Waals surface area contributed by atoms with Crippen LogP contribution in [0.2, 0.25) is 0 Å². The van der Waals surface area contributed by atoms with Gasteiger partial charge in [-0.15, -0.1) is 0 Å². The second-order valence-corrected chi connectivity index (χ2v) is 13.3. The predicted molar refractivity (Wildman–Crippen MR) is 150 cm³/mol. The number of carboxylic acids is 1. The van der Waals surface area contributed by atoms with Crippen LogP contribution in [0.4, 0.5) is 0 Å². The van der Waals surface area contributed by atoms with E-state index in [4.69, 9.17) is 9.47 Å². The number of ether oxygens (including phenoxy) is 2. The lowest BCUT2D eigenvalue weighted by molar-refractivity contribution is -0.162. The summed E-state index contributed by atoms with van der Waals surface area (Å²) in [6.07, 6.45) is 3.74. The highest BCUT2D eigenvalue weighted by molar-refractivity contribution is 7.50. The van der Waals surface area contributed by atoms with Crippen molar-refractivity contribution in [3.63, 3.8) is 0 Å². The van der Waals surface area contributed by atoms with Gasteiger partial charge in [0, 0.05) is 44.7 Å². The molecule has 0 saturated heterocycles. The van der Waals surface area contributed by atoms with Crippen LogP contribution < -0.4 is 4.74 Å². The largest absolute Gasteiger partial charge is 0.496 e. The number of hydrogen-bond acceptors (Lipinski definition) is 5. The zero-order valence-corrected chi connectivity index (χ0v) is 22.7. The third kappa shape index (κ3) is 3.55. The maximum absolute atomic E-state index is 14.0. The molecule has 0 radical (unpaired) electrons. The number of esters is 1. The van der Waals surface area contributed by atoms with Gasteiger partial charge in [0.15, 0.2) is 14.3 Å². The Morgan fingerprint density at radius 1 is 0.949 bits per heavy atom. The molecule has 1 heterocycles. The van der Waals surface area contributed by atoms with Crippen molar-refractivity contribution in [3.8, 4) is 10.6 Å². The van der Waals surface area contributed by atoms with Crippen molar-refractivity contribution < 1.29 is 29.0 Å². The highest BCUT2D eigenvalue weighted by Gasteiger charge is 2.57. The first kappa shape index (κ1) is 24.3. The first-order chi connectivity index (χ1) is 18.8. The zero-order valence-electron chi connectivity index (χ0n) is 21.9. The lowest BCUT2D eigenvalue weighted by Gasteiger charge is -2.54. The minimum Gasteiger partial charge on any atom is -0.496 e. The normalized spacial score (nSPS) is 25.4. The summed E-state index contributed by atoms with van der Waals surface area (Å²) in [7, 11) is 0.720. The Labute approximate surface area is 228 Å². The van der Waals surface area contributed by atoms with E-state index in [2.05, 4.69) is 12.1 Å². The number of Topliss-reactive ketones (excluding diaryl/α,β-unsaturated/α-hetero) is 1. The molecule has 1 N–H and O–H groups in total. The van der Waals surface area contributed by atoms with Crippen LogP contribution in [0.1, 0.15) is 58.4 Å². The number of carboxylic acid groups (broad SMARTS) is 1. The summed E-state index contributed by atoms with van der Waals surface area (Å²) in [5.41, 5.74) is 0.317. The number of ketones is 1. The third-order valence-electron chi connectivity index (χ3n) is 9.09. The number of rotatable bonds is 5. The van der Waals surface area contributed by atoms with Gasteiger partial charge in [-0.3, -0.25) is 4.79 Å². The molecule has 198 valence electrons. The number of methoxy groups -OCH3 is 1. The summed E-state index contributed by atoms with van der Waals surface area (Å²) in [5, 5.41) is 12.5. The van der Waals surface area contributed by atoms with E-state index in [9.17, 15) is 19.5 Å². The van der Waals surface area contributed by atoms with E-state index in [0.29, 0.717) is 35.0 Å². The molecule has 3 aromatic carbocycles. The Bertz CT molecular complexity index is 1640. The summed E-state index contributed by atoms with van der Waals surface area (Å²) >= 11 is 0. The van der Waals surface area contributed by atoms with Crippen molar-refractivity contribution in [2.45, 2.75) is 44.6 Å². The fourth-order valence-electron chi connectivity index (χ4n) is 7.73. The summed E-state index contributed by atoms with van der Waals surface area (Å²) in [4.78, 5) is 40.0. The first-order valence-corrected chi connectivity index (χ1v) is 14.7. The second kappa shape index (κ2) is 8.65. The molecule has 4 aromatic rings. The second-order valence-electron chi connectivity index (χ2n) is 11.4. The Hall–Kier alpha value is -3.71. The minimum atomic E-state index is -1.07. The Kier molecular flexibility index (Phi) is 5.40. The molecule has 4 bridgehead atoms. The Balaban J connectivity index is 1.41. The Morgan fingerprint density at radius 3 is 2.10 bits per heavy atom. The van der Waals surface area contributed by atoms with E-state index >= 15 is 0 Å². The Morgan fingerprint density at radius 2 is 1.54 bits per heavy atom. The lowest BCUT2D eigenvalue weighted by atomic mass is 9.53. The number of carbonyl (C=O) groups excluding carboxylic acids is 2. The molecule has 1 aromatic heterocycles. The quantitative estimate of drug-likeness (QED) is 0.215. The van der Waals surface area contributed by atoms with Crippen LogP contribution in [0.15, 0.2) is 54.6 Å². The molecule has 0 aliphatic heterocycles. The van der Waals surface area contributed by atoms with Gasteiger partial charge in [-0.2, -0.15) is 0 Å². The zero-order chi connectivity index (χ0) is 27.1. The van der Waals surface area contributed by atoms with Crippen LogP contribution in [0.3, 0.4) is 0 Å². The molecule has 7 heteroatoms. The number of hydrogen-bond donors (Lipinski definition) is 1. The van der Waals surface area contributed by atoms with E-state index in [1.54, 1.807) is 6.92 Å². The molecule has 4 saturated carbocycles. The van der Waals surface area contributed by atoms with Crippen LogP contribution >= 0.6 is 10.5 Å². The fourth-order valence-corrected chi connectivity index (χ4v) is 10.4. The van der Waals surface area contributed by atoms with Crippen molar-refractivity contribution in [1.82, 2.24) is 0 Å². The lowest BCUT2D eigenvalue weighted by Crippen LogP contribution is -2.56. The van der Waals surface area contributed by atoms with Gasteiger partial charge in [0.1, 0.15) is 28.3 Å². The van der Waals surface area contributed by atoms with Crippen LogP contribution in [0.5, 0.6) is 5.75 Å². The van der Waals surface area contributed by atoms with E-state index in [1.807, 2.05) is 36.4 Å². The van der Waals surface area contributed by atoms with Gasteiger partial charge < -0.3 is 14.6 Å². The van der Waals surface area contributed by atoms with E-state index < -0.39 is 28.0 Å². The number of fused-ring (bicyclic) bond motifs is 3. The van der Waals surface area contributed by atoms with Crippen molar-refractivity contribution in [1.29, 1.82) is 0 Å². The number of thiophene rings is 1. The molecule has 0 amide bonds. The van der Waals surface area contributed by atoms with Crippen molar-refractivity contribution in [2.24, 2.45) is 17.8 Å². The van der Waals surface area contributed by atoms with Gasteiger partial charge >= 0.3 is 11.9 Å². The van der Waals surface area contributed by atoms with Gasteiger partial charge in [-0.25, -0.2) is 9.59 Å². The summed E-state index contributed by atoms with van der Waals surface area (Å²) in [6.45, 7) is 1.81. The molecule has 4 aliphatic carbocycles. The maximum atomic E-state index is 14.0. The number of aromatic carboxylic acids is 1. The molecule has 0 spiro atoms. The van der Waals surface area contributed by atoms with Crippen molar-refractivity contribution in [2.75, 3.05) is 7.11 Å². The van der Waals surface area contributed by atoms with Crippen molar-refractivity contribution >= 4 is 48.4 Å². The highest BCUT2D eigenvalue weighted by Crippen LogP contribution is 2.56. The highest BCUT2D eigenvalue weighted by atomic mass is 32.2. The van der Waals surface area contributed by atoms with Crippen molar-refractivity contribution in [3.05, 3.63) is 71.3 Å². The molecular formula is C32H29O6S+. The molecule has 4 aliphatic rings. The molecule has 39 heavy (non-hydrogen) atoms. The van der Waals surface area contributed by atoms with Crippen LogP contribution in [-0.4, -0.2) is 35.5 Å². The minimum absolute atomic E-state index is 0.0232. The molecule has 6 nitrogen and oxygen atoms in total. The van der Waals surface area contributed by atoms with Gasteiger partial charge in [-0.05, 0) is 69.2 Å². The van der Waals surface area contributed by atoms with Crippen LogP contribution in [0, 0.1) is 24.7 Å². The summed E-state index contributed by atoms with van der Waals surface area (Å²) in [6, 6.07) is 17.6. The van der Waals surface area contributed by atoms with Gasteiger partial charge in [0.2, 0.25) is 0 Å². The number of carbonyl (C=O) groups is 3. The van der Waals surface area contributed by atoms with Crippen LogP contribution in [-0.2, 0) is 9.53 Å². The maximum Gasteiger partial charge on any atom is 0.342 e. The average molecular weight is 542 g/mol. The monoisotopic (exact) mass is 541 g/mol. The third-order valence-corrected chi connectivity index (χ3v) is 11.6. The first-order valence-electron chi connectivity index (χ1n) is 13.4. The van der Waals surface area contributed by atoms with E-state index in [1.165, 1.54) is 13.2 Å². The molecule has 8 rings (SSSR count). The summed E-state index contributed by atoms with van der Waals surface area (Å²) < 4.78 is 14.0. The number of benzene rings is 3. The van der Waals surface area contributed by atoms with Gasteiger partial charge in [-0.1, -0.05) is 24.3 Å². The fraction of sp³-hybridized carbons (Fsp3) is 0.344. The SMILES string of the molecule is COc1cc(C(=O)O)c(-[s+]2c3ccccc3c3ccccc32)c(C)c1C(=O)OC12CC3CC(C1)C(=O)C(C3)C2. The average Bonchev–Trinajstić information content (AvgIpc) is 3.24. The van der Waals surface area contributed by atoms with Gasteiger partial charge in [0.05, 0.1) is 7.11 Å². The smallest absolute Gasteiger partial charge is 0.342 e. The molecule has 2 atom stereocenters. The molecular weight excluding hydrogens is 512 g/mol. The predicted octanol–water partition coefficient (Wildman–Crippen LogP) is 7.05. The van der Waals surface area contributed by atoms with E-state index in [-0.39, 0.29) is 28.7 Å². The molecule has 2 unspecified atom stereocenters. The standard InChI is InChI=1S/C32H28O6S/c1-17-27(31(36)38-32-14-18-11-19(15-32)28(33)20(12-18)16-32)24(37-2)13-23(30(34)35)29(17)39-25-9-5-3-7-21(25)22-8-4-6-10-26(22)39/h3-10,13,18-20H,11-12,14-16H2,1-2H3/p+1. The summed E-state index contributed by atoms with van der Waals surface area (Å²) in [5.74, 6) is -0.673. The molecule has 4 fully saturated rings. The van der Waals surface area contributed by atoms with Crippen LogP contribution in [0.25, 0.3) is 25.1 Å². The van der Waals surface area contributed by atoms with E-state index in [0.717, 1.165) is 39.4 Å². The van der Waals surface area contributed by atoms with Gasteiger partial charge in [0.25, 0.3) is 0 Å². The topological polar surface area (TPSA) is 89.9 Å².